The first-order valence-corrected chi connectivity index (χ1v) is 12.1. The molecule has 0 radical (unpaired) electrons. The van der Waals surface area contributed by atoms with Crippen molar-refractivity contribution in [1.29, 1.82) is 0 Å². The number of aliphatic carboxylic acids is 1. The van der Waals surface area contributed by atoms with Crippen molar-refractivity contribution >= 4 is 29.9 Å². The molecule has 192 valence electrons. The predicted molar refractivity (Wildman–Crippen MR) is 129 cm³/mol. The number of amides is 2. The number of aromatic hydroxyl groups is 1. The van der Waals surface area contributed by atoms with E-state index in [0.29, 0.717) is 35.8 Å². The van der Waals surface area contributed by atoms with Crippen molar-refractivity contribution in [3.63, 3.8) is 0 Å². The number of nitrogens with one attached hydrogen (secondary N) is 2. The van der Waals surface area contributed by atoms with Crippen LogP contribution in [0.1, 0.15) is 73.9 Å². The van der Waals surface area contributed by atoms with Crippen LogP contribution in [0, 0.1) is 31.6 Å². The Hall–Kier alpha value is -3.23. The summed E-state index contributed by atoms with van der Waals surface area (Å²) in [5.41, 5.74) is 1.52. The molecule has 9 nitrogen and oxygen atoms in total. The van der Waals surface area contributed by atoms with E-state index in [-0.39, 0.29) is 47.5 Å². The number of hydrogen-bond donors (Lipinski definition) is 4. The maximum absolute atomic E-state index is 13.1. The van der Waals surface area contributed by atoms with Crippen molar-refractivity contribution in [2.45, 2.75) is 78.3 Å². The number of hydrogen-bond acceptors (Lipinski definition) is 6. The third-order valence-corrected chi connectivity index (χ3v) is 6.70. The van der Waals surface area contributed by atoms with Gasteiger partial charge in [-0.05, 0) is 68.2 Å². The Morgan fingerprint density at radius 1 is 1.09 bits per heavy atom. The van der Waals surface area contributed by atoms with Crippen LogP contribution in [0.5, 0.6) is 5.75 Å². The van der Waals surface area contributed by atoms with E-state index in [1.807, 2.05) is 13.8 Å². The Labute approximate surface area is 205 Å². The van der Waals surface area contributed by atoms with Crippen molar-refractivity contribution < 1.29 is 34.2 Å². The number of phenolic OH excluding ortho intramolecular Hbond substituents is 1. The predicted octanol–water partition coefficient (Wildman–Crippen LogP) is 2.69. The van der Waals surface area contributed by atoms with Crippen LogP contribution in [0.4, 0.5) is 0 Å². The van der Waals surface area contributed by atoms with Crippen LogP contribution < -0.4 is 10.6 Å². The standard InChI is InChI=1S/C26H36N2O7/c1-14(2)23(28-25(34)18-10-15(3)24(33)16(4)11-18)21(30)9-8-17-6-5-7-20(17)26(35)27-19(13-29)12-22(31)32/h10-11,13-14,17,19-20,23,33H,5-9,12H2,1-4H3,(H,27,35)(H,28,34)(H,31,32)/t17?,19-,20+,23-/m0/s1. The van der Waals surface area contributed by atoms with Crippen LogP contribution in [0.15, 0.2) is 12.1 Å². The fourth-order valence-corrected chi connectivity index (χ4v) is 4.75. The summed E-state index contributed by atoms with van der Waals surface area (Å²) in [6.45, 7) is 7.11. The van der Waals surface area contributed by atoms with Gasteiger partial charge in [0.05, 0.1) is 18.5 Å². The Kier molecular flexibility index (Phi) is 9.98. The number of rotatable bonds is 12. The van der Waals surface area contributed by atoms with Gasteiger partial charge >= 0.3 is 5.97 Å². The Morgan fingerprint density at radius 3 is 2.26 bits per heavy atom. The Balaban J connectivity index is 2.00. The third kappa shape index (κ3) is 7.63. The fraction of sp³-hybridized carbons (Fsp3) is 0.577. The van der Waals surface area contributed by atoms with Gasteiger partial charge in [-0.2, -0.15) is 0 Å². The maximum atomic E-state index is 13.1. The first kappa shape index (κ1) is 28.0. The van der Waals surface area contributed by atoms with Gasteiger partial charge in [0.1, 0.15) is 12.0 Å². The smallest absolute Gasteiger partial charge is 0.305 e. The number of benzene rings is 1. The second-order valence-electron chi connectivity index (χ2n) is 9.81. The van der Waals surface area contributed by atoms with Crippen molar-refractivity contribution in [2.75, 3.05) is 0 Å². The van der Waals surface area contributed by atoms with Crippen LogP contribution >= 0.6 is 0 Å². The minimum Gasteiger partial charge on any atom is -0.507 e. The zero-order valence-electron chi connectivity index (χ0n) is 20.8. The van der Waals surface area contributed by atoms with Crippen molar-refractivity contribution in [1.82, 2.24) is 10.6 Å². The second kappa shape index (κ2) is 12.5. The Morgan fingerprint density at radius 2 is 1.71 bits per heavy atom. The summed E-state index contributed by atoms with van der Waals surface area (Å²) in [4.78, 5) is 60.5. The summed E-state index contributed by atoms with van der Waals surface area (Å²) in [6.07, 6.45) is 2.81. The summed E-state index contributed by atoms with van der Waals surface area (Å²) >= 11 is 0. The molecule has 0 aromatic heterocycles. The first-order chi connectivity index (χ1) is 16.4. The fourth-order valence-electron chi connectivity index (χ4n) is 4.75. The SMILES string of the molecule is Cc1cc(C(=O)N[C@H](C(=O)CCC2CCC[C@H]2C(=O)N[C@H](C=O)CC(=O)O)C(C)C)cc(C)c1O. The molecule has 4 N–H and O–H groups in total. The number of carboxylic acid groups (broad SMARTS) is 1. The molecule has 1 unspecified atom stereocenters. The van der Waals surface area contributed by atoms with Gasteiger partial charge in [0.25, 0.3) is 5.91 Å². The van der Waals surface area contributed by atoms with Gasteiger partial charge in [-0.15, -0.1) is 0 Å². The number of carbonyl (C=O) groups is 5. The number of carboxylic acids is 1. The Bertz CT molecular complexity index is 949. The molecule has 0 saturated heterocycles. The first-order valence-electron chi connectivity index (χ1n) is 12.1. The molecule has 0 heterocycles. The summed E-state index contributed by atoms with van der Waals surface area (Å²) in [5, 5.41) is 24.2. The van der Waals surface area contributed by atoms with Crippen molar-refractivity contribution in [3.8, 4) is 5.75 Å². The van der Waals surface area contributed by atoms with E-state index in [4.69, 9.17) is 5.11 Å². The third-order valence-electron chi connectivity index (χ3n) is 6.70. The van der Waals surface area contributed by atoms with Crippen LogP contribution in [0.3, 0.4) is 0 Å². The summed E-state index contributed by atoms with van der Waals surface area (Å²) in [6, 6.07) is 1.40. The number of Topliss-reactive ketones (excluding diaryl/α,β-unsaturated/α-hetero) is 1. The highest BCUT2D eigenvalue weighted by Gasteiger charge is 2.35. The monoisotopic (exact) mass is 488 g/mol. The molecule has 0 bridgehead atoms. The lowest BCUT2D eigenvalue weighted by molar-refractivity contribution is -0.139. The molecule has 9 heteroatoms. The van der Waals surface area contributed by atoms with Gasteiger partial charge in [0.2, 0.25) is 5.91 Å². The van der Waals surface area contributed by atoms with E-state index < -0.39 is 24.5 Å². The molecule has 2 amide bonds. The van der Waals surface area contributed by atoms with Crippen LogP contribution in [0.25, 0.3) is 0 Å². The highest BCUT2D eigenvalue weighted by Crippen LogP contribution is 2.35. The molecular weight excluding hydrogens is 452 g/mol. The summed E-state index contributed by atoms with van der Waals surface area (Å²) in [7, 11) is 0. The van der Waals surface area contributed by atoms with Gasteiger partial charge in [-0.1, -0.05) is 20.3 Å². The molecule has 1 aromatic carbocycles. The van der Waals surface area contributed by atoms with E-state index in [1.165, 1.54) is 0 Å². The van der Waals surface area contributed by atoms with Gasteiger partial charge in [0, 0.05) is 17.9 Å². The van der Waals surface area contributed by atoms with E-state index in [9.17, 15) is 29.1 Å². The minimum atomic E-state index is -1.17. The lowest BCUT2D eigenvalue weighted by Gasteiger charge is -2.24. The molecular formula is C26H36N2O7. The molecule has 0 aliphatic heterocycles. The second-order valence-corrected chi connectivity index (χ2v) is 9.81. The highest BCUT2D eigenvalue weighted by molar-refractivity contribution is 5.98. The molecule has 4 atom stereocenters. The quantitative estimate of drug-likeness (QED) is 0.330. The molecule has 1 aliphatic rings. The zero-order valence-corrected chi connectivity index (χ0v) is 20.8. The normalized spacial score (nSPS) is 19.1. The van der Waals surface area contributed by atoms with Gasteiger partial charge in [0.15, 0.2) is 5.78 Å². The molecule has 0 spiro atoms. The molecule has 1 fully saturated rings. The number of phenols is 1. The van der Waals surface area contributed by atoms with Crippen molar-refractivity contribution in [2.24, 2.45) is 17.8 Å². The van der Waals surface area contributed by atoms with E-state index in [0.717, 1.165) is 12.8 Å². The molecule has 35 heavy (non-hydrogen) atoms. The lowest BCUT2D eigenvalue weighted by Crippen LogP contribution is -2.45. The molecule has 2 rings (SSSR count). The number of carbonyl (C=O) groups excluding carboxylic acids is 4. The molecule has 1 aliphatic carbocycles. The van der Waals surface area contributed by atoms with Crippen LogP contribution in [-0.2, 0) is 19.2 Å². The molecule has 1 saturated carbocycles. The maximum Gasteiger partial charge on any atom is 0.305 e. The minimum absolute atomic E-state index is 0.0537. The lowest BCUT2D eigenvalue weighted by atomic mass is 9.87. The number of aryl methyl sites for hydroxylation is 2. The highest BCUT2D eigenvalue weighted by atomic mass is 16.4. The summed E-state index contributed by atoms with van der Waals surface area (Å²) < 4.78 is 0. The zero-order chi connectivity index (χ0) is 26.3. The van der Waals surface area contributed by atoms with E-state index in [2.05, 4.69) is 10.6 Å². The largest absolute Gasteiger partial charge is 0.507 e. The summed E-state index contributed by atoms with van der Waals surface area (Å²) in [5.74, 6) is -2.48. The van der Waals surface area contributed by atoms with Crippen molar-refractivity contribution in [3.05, 3.63) is 28.8 Å². The van der Waals surface area contributed by atoms with Crippen LogP contribution in [0.2, 0.25) is 0 Å². The molecule has 1 aromatic rings. The van der Waals surface area contributed by atoms with E-state index in [1.54, 1.807) is 26.0 Å². The van der Waals surface area contributed by atoms with Gasteiger partial charge in [-0.3, -0.25) is 19.2 Å². The number of ketones is 1. The van der Waals surface area contributed by atoms with E-state index >= 15 is 0 Å². The van der Waals surface area contributed by atoms with Gasteiger partial charge in [-0.25, -0.2) is 0 Å². The topological polar surface area (TPSA) is 150 Å². The average Bonchev–Trinajstić information content (AvgIpc) is 3.26. The average molecular weight is 489 g/mol. The van der Waals surface area contributed by atoms with Gasteiger partial charge < -0.3 is 25.6 Å². The number of aldehydes is 1. The van der Waals surface area contributed by atoms with Crippen LogP contribution in [-0.4, -0.2) is 52.1 Å².